The van der Waals surface area contributed by atoms with Crippen molar-refractivity contribution in [2.45, 2.75) is 69.0 Å². The number of aromatic nitrogens is 5. The van der Waals surface area contributed by atoms with Crippen molar-refractivity contribution in [3.63, 3.8) is 0 Å². The van der Waals surface area contributed by atoms with Crippen molar-refractivity contribution in [3.05, 3.63) is 35.7 Å². The van der Waals surface area contributed by atoms with Crippen molar-refractivity contribution in [3.8, 4) is 17.3 Å². The van der Waals surface area contributed by atoms with Gasteiger partial charge in [0, 0.05) is 60.7 Å². The van der Waals surface area contributed by atoms with E-state index in [-0.39, 0.29) is 46.1 Å². The Morgan fingerprint density at radius 3 is 2.76 bits per heavy atom. The summed E-state index contributed by atoms with van der Waals surface area (Å²) in [5, 5.41) is 11.9. The van der Waals surface area contributed by atoms with Gasteiger partial charge in [0.2, 0.25) is 5.71 Å². The van der Waals surface area contributed by atoms with Crippen LogP contribution in [0.4, 0.5) is 23.4 Å². The summed E-state index contributed by atoms with van der Waals surface area (Å²) in [6, 6.07) is 3.88. The predicted octanol–water partition coefficient (Wildman–Crippen LogP) is 5.54. The molecule has 1 aromatic carbocycles. The average molecular weight is 637 g/mol. The molecule has 4 atom stereocenters. The van der Waals surface area contributed by atoms with E-state index in [0.717, 1.165) is 32.2 Å². The number of hydrogen-bond donors (Lipinski definition) is 2. The quantitative estimate of drug-likeness (QED) is 0.241. The van der Waals surface area contributed by atoms with Crippen LogP contribution in [0.2, 0.25) is 0 Å². The minimum atomic E-state index is -4.65. The molecule has 0 radical (unpaired) electrons. The first-order valence-corrected chi connectivity index (χ1v) is 15.8. The molecule has 0 saturated carbocycles. The molecule has 4 saturated heterocycles. The first kappa shape index (κ1) is 28.2. The monoisotopic (exact) mass is 636 g/mol. The number of halogens is 4. The summed E-state index contributed by atoms with van der Waals surface area (Å²) in [7, 11) is 0. The van der Waals surface area contributed by atoms with Gasteiger partial charge in [-0.3, -0.25) is 15.0 Å². The molecule has 9 rings (SSSR count). The standard InChI is InChI=1S/C32H32F4N8O2/c1-16-9-22-21(11-38-42-22)23(25(16)32(34,35)36)26-27-20(5-7-37-26)24-28(43-13-18-3-4-19(14-43)39-18)40-30(41-29(24)46-27)45-15-31-6-2-8-44(31)12-17(33)10-31/h5,7,9,11,17-19,39H,2-4,6,8,10,12-15H2,1H3,(H,38,42)/t17-,18-,19+,31+/m1/s1. The highest BCUT2D eigenvalue weighted by molar-refractivity contribution is 6.14. The number of nitrogens with zero attached hydrogens (tertiary/aromatic N) is 6. The number of alkyl halides is 4. The number of benzene rings is 1. The van der Waals surface area contributed by atoms with E-state index in [1.54, 1.807) is 6.07 Å². The maximum Gasteiger partial charge on any atom is 0.417 e. The van der Waals surface area contributed by atoms with Crippen LogP contribution in [0.1, 0.15) is 43.2 Å². The summed E-state index contributed by atoms with van der Waals surface area (Å²) in [5.74, 6) is 0.610. The minimum Gasteiger partial charge on any atom is -0.461 e. The molecule has 240 valence electrons. The Morgan fingerprint density at radius 2 is 1.96 bits per heavy atom. The van der Waals surface area contributed by atoms with Crippen molar-refractivity contribution >= 4 is 38.8 Å². The van der Waals surface area contributed by atoms with Crippen LogP contribution in [0.25, 0.3) is 44.2 Å². The number of aryl methyl sites for hydroxylation is 1. The SMILES string of the molecule is Cc1cc2[nH]ncc2c(-c2nccc3c2oc2nc(OC[C@@]45CCCN4C[C@H](F)C5)nc(N4C[C@H]5CC[C@@H](C4)N5)c23)c1C(F)(F)F. The van der Waals surface area contributed by atoms with E-state index in [0.29, 0.717) is 60.2 Å². The lowest BCUT2D eigenvalue weighted by atomic mass is 9.94. The van der Waals surface area contributed by atoms with E-state index >= 15 is 0 Å². The maximum absolute atomic E-state index is 14.6. The minimum absolute atomic E-state index is 0.0457. The molecule has 4 aliphatic heterocycles. The zero-order chi connectivity index (χ0) is 31.4. The molecule has 10 nitrogen and oxygen atoms in total. The van der Waals surface area contributed by atoms with Crippen LogP contribution in [0, 0.1) is 6.92 Å². The molecule has 14 heteroatoms. The highest BCUT2D eigenvalue weighted by Gasteiger charge is 2.49. The molecule has 0 spiro atoms. The van der Waals surface area contributed by atoms with Crippen LogP contribution in [-0.4, -0.2) is 86.6 Å². The molecular weight excluding hydrogens is 604 g/mol. The van der Waals surface area contributed by atoms with Gasteiger partial charge in [0.15, 0.2) is 5.58 Å². The van der Waals surface area contributed by atoms with Gasteiger partial charge in [-0.2, -0.15) is 28.2 Å². The number of fused-ring (bicyclic) bond motifs is 7. The van der Waals surface area contributed by atoms with E-state index in [1.165, 1.54) is 25.4 Å². The number of nitrogens with one attached hydrogen (secondary N) is 2. The number of H-pyrrole nitrogens is 1. The molecule has 0 aliphatic carbocycles. The van der Waals surface area contributed by atoms with Gasteiger partial charge in [-0.25, -0.2) is 4.39 Å². The van der Waals surface area contributed by atoms with Crippen LogP contribution >= 0.6 is 0 Å². The third kappa shape index (κ3) is 4.29. The summed E-state index contributed by atoms with van der Waals surface area (Å²) in [6.45, 7) is 4.33. The van der Waals surface area contributed by atoms with Crippen molar-refractivity contribution in [1.29, 1.82) is 0 Å². The number of furan rings is 1. The van der Waals surface area contributed by atoms with Crippen molar-refractivity contribution < 1.29 is 26.7 Å². The van der Waals surface area contributed by atoms with Gasteiger partial charge in [0.05, 0.1) is 28.2 Å². The maximum atomic E-state index is 14.6. The van der Waals surface area contributed by atoms with Gasteiger partial charge in [0.25, 0.3) is 0 Å². The molecule has 2 bridgehead atoms. The van der Waals surface area contributed by atoms with Crippen LogP contribution in [-0.2, 0) is 6.18 Å². The molecule has 5 aromatic rings. The Hall–Kier alpha value is -4.04. The van der Waals surface area contributed by atoms with Gasteiger partial charge in [-0.1, -0.05) is 0 Å². The molecule has 46 heavy (non-hydrogen) atoms. The number of anilines is 1. The lowest BCUT2D eigenvalue weighted by Crippen LogP contribution is -2.51. The number of ether oxygens (including phenoxy) is 1. The number of rotatable bonds is 5. The third-order valence-electron chi connectivity index (χ3n) is 10.4. The first-order valence-electron chi connectivity index (χ1n) is 15.8. The predicted molar refractivity (Wildman–Crippen MR) is 163 cm³/mol. The number of pyridine rings is 1. The van der Waals surface area contributed by atoms with E-state index in [9.17, 15) is 17.6 Å². The topological polar surface area (TPSA) is 108 Å². The van der Waals surface area contributed by atoms with Gasteiger partial charge in [-0.15, -0.1) is 0 Å². The second kappa shape index (κ2) is 9.98. The van der Waals surface area contributed by atoms with Crippen molar-refractivity contribution in [2.75, 3.05) is 37.7 Å². The Balaban J connectivity index is 1.23. The van der Waals surface area contributed by atoms with Crippen LogP contribution in [0.15, 0.2) is 28.9 Å². The highest BCUT2D eigenvalue weighted by atomic mass is 19.4. The molecule has 4 fully saturated rings. The van der Waals surface area contributed by atoms with Gasteiger partial charge in [-0.05, 0) is 56.8 Å². The van der Waals surface area contributed by atoms with E-state index in [1.807, 2.05) is 0 Å². The van der Waals surface area contributed by atoms with Gasteiger partial charge >= 0.3 is 12.2 Å². The van der Waals surface area contributed by atoms with E-state index < -0.39 is 23.5 Å². The van der Waals surface area contributed by atoms with Gasteiger partial charge in [0.1, 0.15) is 24.3 Å². The van der Waals surface area contributed by atoms with E-state index in [4.69, 9.17) is 14.1 Å². The second-order valence-electron chi connectivity index (χ2n) is 13.3. The fraction of sp³-hybridized carbons (Fsp3) is 0.500. The first-order chi connectivity index (χ1) is 22.2. The number of piperazine rings is 1. The fourth-order valence-electron chi connectivity index (χ4n) is 8.49. The lowest BCUT2D eigenvalue weighted by Gasteiger charge is -2.34. The largest absolute Gasteiger partial charge is 0.461 e. The molecule has 8 heterocycles. The van der Waals surface area contributed by atoms with Crippen LogP contribution < -0.4 is 15.0 Å². The summed E-state index contributed by atoms with van der Waals surface area (Å²) in [4.78, 5) is 18.4. The van der Waals surface area contributed by atoms with Crippen molar-refractivity contribution in [2.24, 2.45) is 0 Å². The summed E-state index contributed by atoms with van der Waals surface area (Å²) in [6.07, 6.45) is 1.65. The average Bonchev–Trinajstić information content (AvgIpc) is 3.82. The molecule has 4 aromatic heterocycles. The molecule has 2 N–H and O–H groups in total. The number of aromatic amines is 1. The van der Waals surface area contributed by atoms with E-state index in [2.05, 4.69) is 35.3 Å². The second-order valence-corrected chi connectivity index (χ2v) is 13.3. The Bertz CT molecular complexity index is 2000. The molecule has 0 amide bonds. The summed E-state index contributed by atoms with van der Waals surface area (Å²) in [5.41, 5.74) is -0.351. The third-order valence-corrected chi connectivity index (χ3v) is 10.4. The fourth-order valence-corrected chi connectivity index (χ4v) is 8.49. The molecule has 0 unspecified atom stereocenters. The Labute approximate surface area is 260 Å². The smallest absolute Gasteiger partial charge is 0.417 e. The summed E-state index contributed by atoms with van der Waals surface area (Å²) < 4.78 is 71.0. The Morgan fingerprint density at radius 1 is 1.13 bits per heavy atom. The highest BCUT2D eigenvalue weighted by Crippen LogP contribution is 2.47. The number of hydrogen-bond acceptors (Lipinski definition) is 9. The summed E-state index contributed by atoms with van der Waals surface area (Å²) >= 11 is 0. The molecular formula is C32H32F4N8O2. The van der Waals surface area contributed by atoms with Crippen molar-refractivity contribution in [1.82, 2.24) is 35.4 Å². The zero-order valence-electron chi connectivity index (χ0n) is 25.1. The van der Waals surface area contributed by atoms with Gasteiger partial charge < -0.3 is 19.4 Å². The molecule has 4 aliphatic rings. The lowest BCUT2D eigenvalue weighted by molar-refractivity contribution is -0.137. The Kier molecular flexibility index (Phi) is 6.12. The normalized spacial score (nSPS) is 26.6. The van der Waals surface area contributed by atoms with Crippen LogP contribution in [0.3, 0.4) is 0 Å². The zero-order valence-corrected chi connectivity index (χ0v) is 25.1. The van der Waals surface area contributed by atoms with Crippen LogP contribution in [0.5, 0.6) is 6.01 Å².